The number of carbonyl (C=O) groups excluding carboxylic acids is 2. The Morgan fingerprint density at radius 3 is 2.68 bits per heavy atom. The average Bonchev–Trinajstić information content (AvgIpc) is 2.44. The molecule has 1 fully saturated rings. The second kappa shape index (κ2) is 5.74. The smallest absolute Gasteiger partial charge is 0.235 e. The van der Waals surface area contributed by atoms with Crippen molar-refractivity contribution in [2.45, 2.75) is 31.7 Å². The molecule has 1 N–H and O–H groups in total. The molecule has 0 saturated heterocycles. The molecule has 3 nitrogen and oxygen atoms in total. The Morgan fingerprint density at radius 1 is 1.42 bits per heavy atom. The molecule has 0 aliphatic heterocycles. The van der Waals surface area contributed by atoms with Crippen LogP contribution in [0.3, 0.4) is 0 Å². The molecule has 0 heterocycles. The molecule has 0 spiro atoms. The van der Waals surface area contributed by atoms with Crippen molar-refractivity contribution in [2.75, 3.05) is 5.88 Å². The lowest BCUT2D eigenvalue weighted by atomic mass is 9.68. The van der Waals surface area contributed by atoms with E-state index >= 15 is 0 Å². The van der Waals surface area contributed by atoms with Crippen molar-refractivity contribution in [2.24, 2.45) is 5.92 Å². The van der Waals surface area contributed by atoms with Crippen LogP contribution in [0.1, 0.15) is 31.7 Å². The van der Waals surface area contributed by atoms with Crippen LogP contribution in [0.4, 0.5) is 0 Å². The second-order valence-corrected chi connectivity index (χ2v) is 5.34. The Labute approximate surface area is 118 Å². The summed E-state index contributed by atoms with van der Waals surface area (Å²) in [5, 5.41) is 2.88. The normalized spacial score (nSPS) is 27.1. The summed E-state index contributed by atoms with van der Waals surface area (Å²) in [5.74, 6) is -0.277. The molecule has 2 unspecified atom stereocenters. The highest BCUT2D eigenvalue weighted by molar-refractivity contribution is 6.27. The van der Waals surface area contributed by atoms with E-state index in [1.54, 1.807) is 0 Å². The predicted molar refractivity (Wildman–Crippen MR) is 75.0 cm³/mol. The molecule has 102 valence electrons. The molecule has 1 aliphatic carbocycles. The predicted octanol–water partition coefficient (Wildman–Crippen LogP) is 2.63. The molecular weight excluding hydrogens is 262 g/mol. The van der Waals surface area contributed by atoms with Crippen LogP contribution in [-0.4, -0.2) is 17.6 Å². The summed E-state index contributed by atoms with van der Waals surface area (Å²) in [4.78, 5) is 24.3. The number of halogens is 1. The fourth-order valence-electron chi connectivity index (χ4n) is 2.92. The van der Waals surface area contributed by atoms with Crippen molar-refractivity contribution in [1.82, 2.24) is 5.32 Å². The maximum absolute atomic E-state index is 12.5. The van der Waals surface area contributed by atoms with Crippen LogP contribution in [0.15, 0.2) is 30.3 Å². The van der Waals surface area contributed by atoms with Gasteiger partial charge in [-0.25, -0.2) is 0 Å². The standard InChI is InChI=1S/C15H18ClNO2/c1-11-6-5-9-13(18)15(11,17-14(19)10-16)12-7-3-2-4-8-12/h2-4,7-8,11H,5-6,9-10H2,1H3,(H,17,19). The first-order valence-corrected chi connectivity index (χ1v) is 7.10. The zero-order chi connectivity index (χ0) is 13.9. The minimum Gasteiger partial charge on any atom is -0.338 e. The van der Waals surface area contributed by atoms with Gasteiger partial charge in [-0.3, -0.25) is 9.59 Å². The van der Waals surface area contributed by atoms with E-state index in [9.17, 15) is 9.59 Å². The van der Waals surface area contributed by atoms with Crippen molar-refractivity contribution >= 4 is 23.3 Å². The van der Waals surface area contributed by atoms with E-state index in [4.69, 9.17) is 11.6 Å². The Morgan fingerprint density at radius 2 is 2.11 bits per heavy atom. The van der Waals surface area contributed by atoms with Gasteiger partial charge in [0.1, 0.15) is 11.4 Å². The lowest BCUT2D eigenvalue weighted by Gasteiger charge is -2.42. The molecule has 1 amide bonds. The zero-order valence-electron chi connectivity index (χ0n) is 11.0. The van der Waals surface area contributed by atoms with Crippen LogP contribution < -0.4 is 5.32 Å². The second-order valence-electron chi connectivity index (χ2n) is 5.07. The first-order chi connectivity index (χ1) is 9.11. The number of amides is 1. The highest BCUT2D eigenvalue weighted by Crippen LogP contribution is 2.39. The summed E-state index contributed by atoms with van der Waals surface area (Å²) in [7, 11) is 0. The van der Waals surface area contributed by atoms with E-state index in [2.05, 4.69) is 5.32 Å². The number of hydrogen-bond donors (Lipinski definition) is 1. The van der Waals surface area contributed by atoms with Gasteiger partial charge in [-0.15, -0.1) is 11.6 Å². The quantitative estimate of drug-likeness (QED) is 0.865. The number of nitrogens with one attached hydrogen (secondary N) is 1. The van der Waals surface area contributed by atoms with E-state index in [-0.39, 0.29) is 23.5 Å². The van der Waals surface area contributed by atoms with Crippen molar-refractivity contribution < 1.29 is 9.59 Å². The molecule has 2 rings (SSSR count). The molecule has 0 bridgehead atoms. The fraction of sp³-hybridized carbons (Fsp3) is 0.467. The first kappa shape index (κ1) is 14.1. The van der Waals surface area contributed by atoms with E-state index < -0.39 is 5.54 Å². The largest absolute Gasteiger partial charge is 0.338 e. The van der Waals surface area contributed by atoms with E-state index in [1.165, 1.54) is 0 Å². The van der Waals surface area contributed by atoms with Gasteiger partial charge in [0.2, 0.25) is 5.91 Å². The van der Waals surface area contributed by atoms with Crippen molar-refractivity contribution in [3.63, 3.8) is 0 Å². The Balaban J connectivity index is 2.48. The van der Waals surface area contributed by atoms with Crippen LogP contribution >= 0.6 is 11.6 Å². The number of Topliss-reactive ketones (excluding diaryl/α,β-unsaturated/α-hetero) is 1. The molecule has 1 saturated carbocycles. The average molecular weight is 280 g/mol. The number of carbonyl (C=O) groups is 2. The van der Waals surface area contributed by atoms with Crippen molar-refractivity contribution in [1.29, 1.82) is 0 Å². The topological polar surface area (TPSA) is 46.2 Å². The molecule has 4 heteroatoms. The molecule has 0 radical (unpaired) electrons. The summed E-state index contributed by atoms with van der Waals surface area (Å²) in [6.45, 7) is 2.01. The van der Waals surface area contributed by atoms with Crippen LogP contribution in [0.5, 0.6) is 0 Å². The molecule has 0 aromatic heterocycles. The zero-order valence-corrected chi connectivity index (χ0v) is 11.7. The third kappa shape index (κ3) is 2.52. The highest BCUT2D eigenvalue weighted by atomic mass is 35.5. The SMILES string of the molecule is CC1CCCC(=O)C1(NC(=O)CCl)c1ccccc1. The molecule has 2 atom stereocenters. The van der Waals surface area contributed by atoms with E-state index in [1.807, 2.05) is 37.3 Å². The van der Waals surface area contributed by atoms with Gasteiger partial charge in [0, 0.05) is 6.42 Å². The van der Waals surface area contributed by atoms with Gasteiger partial charge in [-0.05, 0) is 24.3 Å². The number of hydrogen-bond acceptors (Lipinski definition) is 2. The minimum absolute atomic E-state index is 0.0725. The van der Waals surface area contributed by atoms with Gasteiger partial charge >= 0.3 is 0 Å². The van der Waals surface area contributed by atoms with Crippen LogP contribution in [-0.2, 0) is 15.1 Å². The third-order valence-corrected chi connectivity index (χ3v) is 4.15. The molecule has 1 aliphatic rings. The van der Waals surface area contributed by atoms with E-state index in [0.717, 1.165) is 18.4 Å². The highest BCUT2D eigenvalue weighted by Gasteiger charge is 2.47. The van der Waals surface area contributed by atoms with Gasteiger partial charge in [-0.1, -0.05) is 37.3 Å². The summed E-state index contributed by atoms with van der Waals surface area (Å²) < 4.78 is 0. The molecule has 1 aromatic carbocycles. The number of rotatable bonds is 3. The lowest BCUT2D eigenvalue weighted by molar-refractivity contribution is -0.136. The third-order valence-electron chi connectivity index (χ3n) is 3.91. The molecule has 19 heavy (non-hydrogen) atoms. The van der Waals surface area contributed by atoms with Crippen molar-refractivity contribution in [3.05, 3.63) is 35.9 Å². The summed E-state index contributed by atoms with van der Waals surface area (Å²) >= 11 is 5.59. The maximum Gasteiger partial charge on any atom is 0.235 e. The lowest BCUT2D eigenvalue weighted by Crippen LogP contribution is -2.58. The molecule has 1 aromatic rings. The fourth-order valence-corrected chi connectivity index (χ4v) is 2.99. The summed E-state index contributed by atoms with van der Waals surface area (Å²) in [6.07, 6.45) is 2.30. The Bertz CT molecular complexity index is 474. The Kier molecular flexibility index (Phi) is 4.25. The van der Waals surface area contributed by atoms with Gasteiger partial charge in [0.25, 0.3) is 0 Å². The number of ketones is 1. The van der Waals surface area contributed by atoms with Gasteiger partial charge < -0.3 is 5.32 Å². The first-order valence-electron chi connectivity index (χ1n) is 6.57. The monoisotopic (exact) mass is 279 g/mol. The van der Waals surface area contributed by atoms with Crippen LogP contribution in [0.2, 0.25) is 0 Å². The van der Waals surface area contributed by atoms with Crippen LogP contribution in [0.25, 0.3) is 0 Å². The van der Waals surface area contributed by atoms with Crippen LogP contribution in [0, 0.1) is 5.92 Å². The summed E-state index contributed by atoms with van der Waals surface area (Å²) in [5.41, 5.74) is -0.0588. The minimum atomic E-state index is -0.911. The Hall–Kier alpha value is -1.35. The number of benzene rings is 1. The van der Waals surface area contributed by atoms with E-state index in [0.29, 0.717) is 6.42 Å². The van der Waals surface area contributed by atoms with Crippen molar-refractivity contribution in [3.8, 4) is 0 Å². The van der Waals surface area contributed by atoms with Gasteiger partial charge in [0.15, 0.2) is 5.78 Å². The maximum atomic E-state index is 12.5. The molecular formula is C15H18ClNO2. The van der Waals surface area contributed by atoms with Gasteiger partial charge in [0.05, 0.1) is 0 Å². The van der Waals surface area contributed by atoms with Gasteiger partial charge in [-0.2, -0.15) is 0 Å². The summed E-state index contributed by atoms with van der Waals surface area (Å²) in [6, 6.07) is 9.47. The number of alkyl halides is 1.